The largest absolute Gasteiger partial charge is 0.477 e. The van der Waals surface area contributed by atoms with Crippen LogP contribution >= 0.6 is 15.9 Å². The van der Waals surface area contributed by atoms with E-state index < -0.39 is 11.4 Å². The number of aromatic carboxylic acids is 1. The highest BCUT2D eigenvalue weighted by molar-refractivity contribution is 9.10. The van der Waals surface area contributed by atoms with E-state index >= 15 is 0 Å². The van der Waals surface area contributed by atoms with Gasteiger partial charge in [0.2, 0.25) is 5.43 Å². The topological polar surface area (TPSA) is 72.2 Å². The van der Waals surface area contributed by atoms with E-state index in [1.807, 2.05) is 13.0 Å². The van der Waals surface area contributed by atoms with E-state index in [-0.39, 0.29) is 10.0 Å². The number of nitrogens with zero attached hydrogens (tertiary/aromatic N) is 2. The van der Waals surface area contributed by atoms with Crippen LogP contribution in [0.15, 0.2) is 33.9 Å². The Labute approximate surface area is 117 Å². The van der Waals surface area contributed by atoms with Crippen molar-refractivity contribution in [1.82, 2.24) is 9.55 Å². The first-order valence-electron chi connectivity index (χ1n) is 5.49. The molecule has 6 heteroatoms. The zero-order valence-electron chi connectivity index (χ0n) is 10.3. The molecule has 0 spiro atoms. The Morgan fingerprint density at radius 1 is 1.42 bits per heavy atom. The molecular weight excluding hydrogens is 312 g/mol. The summed E-state index contributed by atoms with van der Waals surface area (Å²) in [6.07, 6.45) is 4.61. The van der Waals surface area contributed by atoms with Gasteiger partial charge in [0.05, 0.1) is 16.4 Å². The van der Waals surface area contributed by atoms with Gasteiger partial charge in [-0.25, -0.2) is 4.79 Å². The van der Waals surface area contributed by atoms with Crippen molar-refractivity contribution in [2.75, 3.05) is 0 Å². The van der Waals surface area contributed by atoms with Gasteiger partial charge in [-0.1, -0.05) is 0 Å². The predicted octanol–water partition coefficient (Wildman–Crippen LogP) is 2.31. The minimum absolute atomic E-state index is 0.246. The van der Waals surface area contributed by atoms with Crippen LogP contribution in [-0.2, 0) is 0 Å². The molecular formula is C13H11BrN2O3. The fourth-order valence-electron chi connectivity index (χ4n) is 1.78. The molecule has 2 rings (SSSR count). The highest BCUT2D eigenvalue weighted by atomic mass is 79.9. The third-order valence-corrected chi connectivity index (χ3v) is 3.82. The normalized spacial score (nSPS) is 10.5. The van der Waals surface area contributed by atoms with E-state index in [9.17, 15) is 9.59 Å². The minimum atomic E-state index is -1.25. The van der Waals surface area contributed by atoms with Gasteiger partial charge in [0.25, 0.3) is 0 Å². The number of carbonyl (C=O) groups is 1. The van der Waals surface area contributed by atoms with Gasteiger partial charge in [-0.3, -0.25) is 9.78 Å². The van der Waals surface area contributed by atoms with Crippen molar-refractivity contribution in [3.8, 4) is 5.69 Å². The zero-order valence-corrected chi connectivity index (χ0v) is 11.9. The second-order valence-electron chi connectivity index (χ2n) is 4.11. The van der Waals surface area contributed by atoms with E-state index in [1.165, 1.54) is 6.20 Å². The van der Waals surface area contributed by atoms with Crippen molar-refractivity contribution in [3.63, 3.8) is 0 Å². The molecule has 2 heterocycles. The first-order chi connectivity index (χ1) is 8.93. The third kappa shape index (κ3) is 2.31. The van der Waals surface area contributed by atoms with Gasteiger partial charge in [0, 0.05) is 18.1 Å². The Balaban J connectivity index is 2.82. The monoisotopic (exact) mass is 322 g/mol. The molecule has 0 aromatic carbocycles. The number of hydrogen-bond donors (Lipinski definition) is 1. The number of aromatic nitrogens is 2. The fourth-order valence-corrected chi connectivity index (χ4v) is 2.19. The van der Waals surface area contributed by atoms with Crippen LogP contribution in [0.3, 0.4) is 0 Å². The molecule has 0 bridgehead atoms. The lowest BCUT2D eigenvalue weighted by molar-refractivity contribution is 0.0694. The summed E-state index contributed by atoms with van der Waals surface area (Å²) in [6, 6.07) is 1.82. The lowest BCUT2D eigenvalue weighted by atomic mass is 10.2. The highest BCUT2D eigenvalue weighted by Gasteiger charge is 2.17. The van der Waals surface area contributed by atoms with Gasteiger partial charge in [-0.2, -0.15) is 0 Å². The van der Waals surface area contributed by atoms with Crippen LogP contribution in [0, 0.1) is 13.8 Å². The number of halogens is 1. The zero-order chi connectivity index (χ0) is 14.2. The van der Waals surface area contributed by atoms with Gasteiger partial charge >= 0.3 is 5.97 Å². The average Bonchev–Trinajstić information content (AvgIpc) is 2.37. The number of rotatable bonds is 2. The Morgan fingerprint density at radius 3 is 2.68 bits per heavy atom. The lowest BCUT2D eigenvalue weighted by Crippen LogP contribution is -2.20. The van der Waals surface area contributed by atoms with Crippen LogP contribution in [0.1, 0.15) is 21.6 Å². The number of hydrogen-bond acceptors (Lipinski definition) is 3. The SMILES string of the molecule is Cc1ccncc1-n1cc(C(=O)O)c(=O)c(Br)c1C. The van der Waals surface area contributed by atoms with Gasteiger partial charge in [-0.15, -0.1) is 0 Å². The molecule has 0 saturated carbocycles. The summed E-state index contributed by atoms with van der Waals surface area (Å²) < 4.78 is 1.90. The molecule has 0 radical (unpaired) electrons. The molecule has 0 aliphatic rings. The number of carboxylic acids is 1. The van der Waals surface area contributed by atoms with E-state index in [4.69, 9.17) is 5.11 Å². The van der Waals surface area contributed by atoms with Crippen LogP contribution in [0.5, 0.6) is 0 Å². The predicted molar refractivity (Wildman–Crippen MR) is 74.0 cm³/mol. The molecule has 19 heavy (non-hydrogen) atoms. The summed E-state index contributed by atoms with van der Waals surface area (Å²) in [7, 11) is 0. The van der Waals surface area contributed by atoms with Crippen LogP contribution in [0.2, 0.25) is 0 Å². The molecule has 5 nitrogen and oxygen atoms in total. The minimum Gasteiger partial charge on any atom is -0.477 e. The van der Waals surface area contributed by atoms with Crippen molar-refractivity contribution in [2.24, 2.45) is 0 Å². The van der Waals surface area contributed by atoms with E-state index in [2.05, 4.69) is 20.9 Å². The molecule has 2 aromatic heterocycles. The van der Waals surface area contributed by atoms with Crippen molar-refractivity contribution >= 4 is 21.9 Å². The molecule has 0 unspecified atom stereocenters. The van der Waals surface area contributed by atoms with Gasteiger partial charge < -0.3 is 9.67 Å². The molecule has 98 valence electrons. The van der Waals surface area contributed by atoms with Crippen molar-refractivity contribution < 1.29 is 9.90 Å². The molecule has 1 N–H and O–H groups in total. The first-order valence-corrected chi connectivity index (χ1v) is 6.29. The van der Waals surface area contributed by atoms with E-state index in [0.717, 1.165) is 11.3 Å². The second-order valence-corrected chi connectivity index (χ2v) is 4.90. The maximum atomic E-state index is 11.8. The van der Waals surface area contributed by atoms with Crippen LogP contribution in [-0.4, -0.2) is 20.6 Å². The first kappa shape index (κ1) is 13.5. The Morgan fingerprint density at radius 2 is 2.11 bits per heavy atom. The average molecular weight is 323 g/mol. The lowest BCUT2D eigenvalue weighted by Gasteiger charge is -2.14. The van der Waals surface area contributed by atoms with Gasteiger partial charge in [-0.05, 0) is 41.4 Å². The Hall–Kier alpha value is -1.95. The van der Waals surface area contributed by atoms with Crippen molar-refractivity contribution in [3.05, 3.63) is 56.2 Å². The van der Waals surface area contributed by atoms with Crippen LogP contribution in [0.4, 0.5) is 0 Å². The Bertz CT molecular complexity index is 722. The third-order valence-electron chi connectivity index (χ3n) is 2.88. The standard InChI is InChI=1S/C13H11BrN2O3/c1-7-3-4-15-5-10(7)16-6-9(13(18)19)12(17)11(14)8(16)2/h3-6H,1-2H3,(H,18,19). The molecule has 0 saturated heterocycles. The Kier molecular flexibility index (Phi) is 3.53. The quantitative estimate of drug-likeness (QED) is 0.920. The molecule has 0 amide bonds. The number of pyridine rings is 2. The van der Waals surface area contributed by atoms with Crippen molar-refractivity contribution in [2.45, 2.75) is 13.8 Å². The molecule has 0 atom stereocenters. The van der Waals surface area contributed by atoms with Crippen LogP contribution < -0.4 is 5.43 Å². The summed E-state index contributed by atoms with van der Waals surface area (Å²) in [5.41, 5.74) is 1.50. The maximum Gasteiger partial charge on any atom is 0.341 e. The number of aryl methyl sites for hydroxylation is 1. The van der Waals surface area contributed by atoms with Gasteiger partial charge in [0.15, 0.2) is 0 Å². The summed E-state index contributed by atoms with van der Waals surface area (Å²) in [4.78, 5) is 27.0. The van der Waals surface area contributed by atoms with E-state index in [0.29, 0.717) is 5.69 Å². The molecule has 0 aliphatic heterocycles. The fraction of sp³-hybridized carbons (Fsp3) is 0.154. The molecule has 0 fully saturated rings. The highest BCUT2D eigenvalue weighted by Crippen LogP contribution is 2.19. The summed E-state index contributed by atoms with van der Waals surface area (Å²) in [6.45, 7) is 3.63. The second kappa shape index (κ2) is 4.97. The molecule has 0 aliphatic carbocycles. The summed E-state index contributed by atoms with van der Waals surface area (Å²) >= 11 is 3.15. The van der Waals surface area contributed by atoms with E-state index in [1.54, 1.807) is 23.9 Å². The maximum absolute atomic E-state index is 11.8. The summed E-state index contributed by atoms with van der Waals surface area (Å²) in [5.74, 6) is -1.25. The van der Waals surface area contributed by atoms with Crippen molar-refractivity contribution in [1.29, 1.82) is 0 Å². The number of carboxylic acid groups (broad SMARTS) is 1. The smallest absolute Gasteiger partial charge is 0.341 e. The van der Waals surface area contributed by atoms with Crippen LogP contribution in [0.25, 0.3) is 5.69 Å². The summed E-state index contributed by atoms with van der Waals surface area (Å²) in [5, 5.41) is 9.07. The van der Waals surface area contributed by atoms with Gasteiger partial charge in [0.1, 0.15) is 5.56 Å². The molecule has 2 aromatic rings.